The second kappa shape index (κ2) is 7.74. The molecule has 2 aromatic rings. The zero-order chi connectivity index (χ0) is 16.8. The highest BCUT2D eigenvalue weighted by atomic mass is 16.5. The van der Waals surface area contributed by atoms with Crippen molar-refractivity contribution in [1.82, 2.24) is 14.9 Å². The number of carbonyl (C=O) groups is 1. The Balaban J connectivity index is 1.59. The first-order chi connectivity index (χ1) is 11.7. The summed E-state index contributed by atoms with van der Waals surface area (Å²) < 4.78 is 13.0. The molecule has 1 fully saturated rings. The van der Waals surface area contributed by atoms with E-state index in [-0.39, 0.29) is 30.0 Å². The maximum absolute atomic E-state index is 12.2. The quantitative estimate of drug-likeness (QED) is 0.868. The molecule has 3 heterocycles. The fourth-order valence-electron chi connectivity index (χ4n) is 2.53. The Morgan fingerprint density at radius 2 is 2.17 bits per heavy atom. The summed E-state index contributed by atoms with van der Waals surface area (Å²) in [5.74, 6) is 0.368. The first-order valence-corrected chi connectivity index (χ1v) is 7.81. The van der Waals surface area contributed by atoms with Crippen LogP contribution in [0.4, 0.5) is 0 Å². The first kappa shape index (κ1) is 16.2. The van der Waals surface area contributed by atoms with E-state index in [1.165, 1.54) is 12.1 Å². The van der Waals surface area contributed by atoms with Crippen molar-refractivity contribution in [1.29, 1.82) is 0 Å². The molecule has 7 heteroatoms. The third-order valence-corrected chi connectivity index (χ3v) is 3.74. The molecule has 0 aliphatic carbocycles. The summed E-state index contributed by atoms with van der Waals surface area (Å²) in [6, 6.07) is 8.06. The Morgan fingerprint density at radius 1 is 1.33 bits per heavy atom. The minimum Gasteiger partial charge on any atom is -0.472 e. The van der Waals surface area contributed by atoms with Gasteiger partial charge in [0.1, 0.15) is 12.6 Å². The highest BCUT2D eigenvalue weighted by Gasteiger charge is 2.29. The van der Waals surface area contributed by atoms with Gasteiger partial charge >= 0.3 is 0 Å². The first-order valence-electron chi connectivity index (χ1n) is 7.81. The summed E-state index contributed by atoms with van der Waals surface area (Å²) in [4.78, 5) is 27.5. The number of hydrogen-bond acceptors (Lipinski definition) is 5. The number of carbonyl (C=O) groups excluding carboxylic acids is 1. The van der Waals surface area contributed by atoms with Crippen LogP contribution in [0.25, 0.3) is 0 Å². The van der Waals surface area contributed by atoms with E-state index in [9.17, 15) is 9.59 Å². The summed E-state index contributed by atoms with van der Waals surface area (Å²) in [5.41, 5.74) is -0.0869. The lowest BCUT2D eigenvalue weighted by atomic mass is 10.1. The molecule has 2 atom stereocenters. The Morgan fingerprint density at radius 3 is 2.92 bits per heavy atom. The predicted molar refractivity (Wildman–Crippen MR) is 86.7 cm³/mol. The van der Waals surface area contributed by atoms with E-state index in [1.807, 2.05) is 12.1 Å². The number of nitrogens with zero attached hydrogens (tertiary/aromatic N) is 2. The monoisotopic (exact) mass is 329 g/mol. The van der Waals surface area contributed by atoms with Crippen LogP contribution in [-0.2, 0) is 16.1 Å². The van der Waals surface area contributed by atoms with Crippen LogP contribution in [0.15, 0.2) is 53.7 Å². The molecular weight excluding hydrogens is 310 g/mol. The smallest absolute Gasteiger partial charge is 0.240 e. The van der Waals surface area contributed by atoms with Gasteiger partial charge in [-0.15, -0.1) is 0 Å². The highest BCUT2D eigenvalue weighted by Crippen LogP contribution is 2.15. The van der Waals surface area contributed by atoms with Crippen molar-refractivity contribution in [2.45, 2.75) is 25.1 Å². The van der Waals surface area contributed by atoms with E-state index >= 15 is 0 Å². The van der Waals surface area contributed by atoms with E-state index < -0.39 is 0 Å². The number of ether oxygens (including phenoxy) is 2. The molecule has 1 N–H and O–H groups in total. The van der Waals surface area contributed by atoms with Crippen LogP contribution in [0.1, 0.15) is 6.42 Å². The van der Waals surface area contributed by atoms with Gasteiger partial charge in [-0.3, -0.25) is 9.59 Å². The molecule has 0 aromatic carbocycles. The Labute approximate surface area is 139 Å². The molecule has 3 rings (SSSR count). The lowest BCUT2D eigenvalue weighted by Gasteiger charge is -2.32. The summed E-state index contributed by atoms with van der Waals surface area (Å²) in [6.07, 6.45) is 5.33. The third kappa shape index (κ3) is 4.42. The van der Waals surface area contributed by atoms with E-state index in [0.29, 0.717) is 25.5 Å². The second-order valence-electron chi connectivity index (χ2n) is 5.57. The summed E-state index contributed by atoms with van der Waals surface area (Å²) in [6.45, 7) is 1.12. The van der Waals surface area contributed by atoms with Crippen LogP contribution in [0.3, 0.4) is 0 Å². The van der Waals surface area contributed by atoms with Crippen LogP contribution < -0.4 is 15.5 Å². The molecule has 0 bridgehead atoms. The molecule has 0 unspecified atom stereocenters. The fourth-order valence-corrected chi connectivity index (χ4v) is 2.53. The average Bonchev–Trinajstić information content (AvgIpc) is 2.60. The molecule has 0 radical (unpaired) electrons. The van der Waals surface area contributed by atoms with Crippen molar-refractivity contribution in [3.05, 3.63) is 59.1 Å². The van der Waals surface area contributed by atoms with Gasteiger partial charge in [0.25, 0.3) is 0 Å². The van der Waals surface area contributed by atoms with Crippen molar-refractivity contribution in [3.8, 4) is 5.88 Å². The van der Waals surface area contributed by atoms with E-state index in [0.717, 1.165) is 0 Å². The zero-order valence-electron chi connectivity index (χ0n) is 13.1. The normalized spacial score (nSPS) is 20.3. The summed E-state index contributed by atoms with van der Waals surface area (Å²) >= 11 is 0. The van der Waals surface area contributed by atoms with Crippen molar-refractivity contribution in [3.63, 3.8) is 0 Å². The molecule has 1 aliphatic rings. The fraction of sp³-hybridized carbons (Fsp3) is 0.353. The van der Waals surface area contributed by atoms with Gasteiger partial charge in [-0.05, 0) is 6.07 Å². The molecule has 24 heavy (non-hydrogen) atoms. The molecule has 0 spiro atoms. The lowest BCUT2D eigenvalue weighted by molar-refractivity contribution is -0.124. The number of hydrogen-bond donors (Lipinski definition) is 1. The number of amides is 1. The van der Waals surface area contributed by atoms with Gasteiger partial charge in [0, 0.05) is 43.2 Å². The Hall–Kier alpha value is -2.67. The topological polar surface area (TPSA) is 82.5 Å². The van der Waals surface area contributed by atoms with Gasteiger partial charge in [-0.1, -0.05) is 6.07 Å². The Bertz CT molecular complexity index is 712. The summed E-state index contributed by atoms with van der Waals surface area (Å²) in [5, 5.41) is 2.94. The van der Waals surface area contributed by atoms with E-state index in [1.54, 1.807) is 29.2 Å². The van der Waals surface area contributed by atoms with Gasteiger partial charge < -0.3 is 19.4 Å². The highest BCUT2D eigenvalue weighted by molar-refractivity contribution is 5.76. The maximum Gasteiger partial charge on any atom is 0.240 e. The number of aromatic nitrogens is 2. The number of pyridine rings is 2. The number of rotatable bonds is 5. The zero-order valence-corrected chi connectivity index (χ0v) is 13.1. The van der Waals surface area contributed by atoms with Crippen LogP contribution in [0, 0.1) is 0 Å². The van der Waals surface area contributed by atoms with Gasteiger partial charge in [-0.2, -0.15) is 0 Å². The molecule has 1 saturated heterocycles. The van der Waals surface area contributed by atoms with Crippen LogP contribution in [0.5, 0.6) is 5.88 Å². The van der Waals surface area contributed by atoms with E-state index in [4.69, 9.17) is 9.47 Å². The molecule has 1 amide bonds. The van der Waals surface area contributed by atoms with Crippen molar-refractivity contribution >= 4 is 5.91 Å². The molecule has 7 nitrogen and oxygen atoms in total. The van der Waals surface area contributed by atoms with E-state index in [2.05, 4.69) is 10.3 Å². The minimum atomic E-state index is -0.243. The standard InChI is InChI=1S/C17H19N3O4/c21-13-4-8-20(9-5-13)11-16(22)19-14-12-23-10-6-15(14)24-17-3-1-2-7-18-17/h1-5,7-9,14-15H,6,10-12H2,(H,19,22)/t14-,15-/m1/s1. The SMILES string of the molecule is O=C(Cn1ccc(=O)cc1)N[C@@H]1COCC[C@H]1Oc1ccccn1. The van der Waals surface area contributed by atoms with Crippen molar-refractivity contribution in [2.75, 3.05) is 13.2 Å². The van der Waals surface area contributed by atoms with Gasteiger partial charge in [0.15, 0.2) is 5.43 Å². The van der Waals surface area contributed by atoms with Crippen LogP contribution in [-0.4, -0.2) is 40.8 Å². The molecular formula is C17H19N3O4. The molecule has 1 aliphatic heterocycles. The Kier molecular flexibility index (Phi) is 5.22. The van der Waals surface area contributed by atoms with Crippen LogP contribution in [0.2, 0.25) is 0 Å². The largest absolute Gasteiger partial charge is 0.472 e. The second-order valence-corrected chi connectivity index (χ2v) is 5.57. The molecule has 126 valence electrons. The van der Waals surface area contributed by atoms with Gasteiger partial charge in [0.05, 0.1) is 19.3 Å². The van der Waals surface area contributed by atoms with Crippen LogP contribution >= 0.6 is 0 Å². The predicted octanol–water partition coefficient (Wildman–Crippen LogP) is 0.596. The maximum atomic E-state index is 12.2. The minimum absolute atomic E-state index is 0.0869. The lowest BCUT2D eigenvalue weighted by Crippen LogP contribution is -2.52. The third-order valence-electron chi connectivity index (χ3n) is 3.74. The summed E-state index contributed by atoms with van der Waals surface area (Å²) in [7, 11) is 0. The number of nitrogens with one attached hydrogen (secondary N) is 1. The van der Waals surface area contributed by atoms with Crippen molar-refractivity contribution in [2.24, 2.45) is 0 Å². The van der Waals surface area contributed by atoms with Gasteiger partial charge in [-0.25, -0.2) is 4.98 Å². The van der Waals surface area contributed by atoms with Crippen molar-refractivity contribution < 1.29 is 14.3 Å². The average molecular weight is 329 g/mol. The molecule has 2 aromatic heterocycles. The molecule has 0 saturated carbocycles. The van der Waals surface area contributed by atoms with Gasteiger partial charge in [0.2, 0.25) is 11.8 Å².